The van der Waals surface area contributed by atoms with E-state index in [1.165, 1.54) is 18.2 Å². The van der Waals surface area contributed by atoms with Crippen molar-refractivity contribution in [1.29, 1.82) is 0 Å². The Morgan fingerprint density at radius 2 is 1.86 bits per heavy atom. The number of hydrogen-bond acceptors (Lipinski definition) is 4. The Labute approximate surface area is 122 Å². The van der Waals surface area contributed by atoms with Crippen molar-refractivity contribution in [3.63, 3.8) is 0 Å². The van der Waals surface area contributed by atoms with Gasteiger partial charge in [0.2, 0.25) is 0 Å². The van der Waals surface area contributed by atoms with Crippen molar-refractivity contribution in [2.75, 3.05) is 4.72 Å². The van der Waals surface area contributed by atoms with Gasteiger partial charge >= 0.3 is 5.76 Å². The summed E-state index contributed by atoms with van der Waals surface area (Å²) in [5.41, 5.74) is -0.00782. The Bertz CT molecular complexity index is 1020. The lowest BCUT2D eigenvalue weighted by Crippen LogP contribution is -2.14. The van der Waals surface area contributed by atoms with Gasteiger partial charge < -0.3 is 4.42 Å². The van der Waals surface area contributed by atoms with Gasteiger partial charge in [-0.2, -0.15) is 0 Å². The predicted octanol–water partition coefficient (Wildman–Crippen LogP) is 2.20. The lowest BCUT2D eigenvalue weighted by molar-refractivity contribution is 0.555. The third kappa shape index (κ3) is 2.58. The predicted molar refractivity (Wildman–Crippen MR) is 74.0 cm³/mol. The molecule has 0 unspecified atom stereocenters. The van der Waals surface area contributed by atoms with Crippen LogP contribution in [0.2, 0.25) is 0 Å². The van der Waals surface area contributed by atoms with Crippen LogP contribution < -0.4 is 10.5 Å². The van der Waals surface area contributed by atoms with E-state index in [-0.39, 0.29) is 21.7 Å². The summed E-state index contributed by atoms with van der Waals surface area (Å²) >= 11 is 0. The van der Waals surface area contributed by atoms with Crippen molar-refractivity contribution in [3.05, 3.63) is 58.6 Å². The monoisotopic (exact) mass is 326 g/mol. The number of halogens is 2. The van der Waals surface area contributed by atoms with Gasteiger partial charge in [0.25, 0.3) is 10.0 Å². The Balaban J connectivity index is 2.01. The molecule has 0 aliphatic heterocycles. The van der Waals surface area contributed by atoms with Crippen LogP contribution in [0.1, 0.15) is 0 Å². The van der Waals surface area contributed by atoms with Gasteiger partial charge in [0, 0.05) is 6.07 Å². The van der Waals surface area contributed by atoms with E-state index in [9.17, 15) is 22.0 Å². The number of benzene rings is 2. The molecule has 0 aliphatic rings. The maximum Gasteiger partial charge on any atom is 0.417 e. The first-order valence-electron chi connectivity index (χ1n) is 5.96. The molecular formula is C13H8F2N2O4S. The number of aromatic amines is 1. The molecule has 0 bridgehead atoms. The first-order chi connectivity index (χ1) is 10.3. The van der Waals surface area contributed by atoms with Gasteiger partial charge in [0.15, 0.2) is 5.58 Å². The Morgan fingerprint density at radius 1 is 1.09 bits per heavy atom. The zero-order valence-corrected chi connectivity index (χ0v) is 11.6. The van der Waals surface area contributed by atoms with Gasteiger partial charge in [0.05, 0.1) is 16.1 Å². The summed E-state index contributed by atoms with van der Waals surface area (Å²) in [6.07, 6.45) is 0. The van der Waals surface area contributed by atoms with E-state index in [0.29, 0.717) is 6.07 Å². The average molecular weight is 326 g/mol. The molecule has 2 N–H and O–H groups in total. The zero-order chi connectivity index (χ0) is 15.9. The SMILES string of the molecule is O=c1[nH]c2cc(S(=O)(=O)Nc3ccc(F)cc3F)ccc2o1. The summed E-state index contributed by atoms with van der Waals surface area (Å²) in [5.74, 6) is -2.58. The standard InChI is InChI=1S/C13H8F2N2O4S/c14-7-1-3-10(9(15)5-7)17-22(19,20)8-2-4-12-11(6-8)16-13(18)21-12/h1-6,17H,(H,16,18). The van der Waals surface area contributed by atoms with Crippen LogP contribution in [0, 0.1) is 11.6 Å². The molecule has 0 radical (unpaired) electrons. The number of anilines is 1. The Morgan fingerprint density at radius 3 is 2.59 bits per heavy atom. The van der Waals surface area contributed by atoms with Crippen LogP contribution in [-0.4, -0.2) is 13.4 Å². The van der Waals surface area contributed by atoms with Crippen molar-refractivity contribution in [2.24, 2.45) is 0 Å². The van der Waals surface area contributed by atoms with Gasteiger partial charge in [-0.3, -0.25) is 9.71 Å². The second-order valence-electron chi connectivity index (χ2n) is 4.40. The highest BCUT2D eigenvalue weighted by Crippen LogP contribution is 2.22. The second-order valence-corrected chi connectivity index (χ2v) is 6.08. The molecule has 0 atom stereocenters. The van der Waals surface area contributed by atoms with Gasteiger partial charge in [-0.15, -0.1) is 0 Å². The van der Waals surface area contributed by atoms with Crippen LogP contribution >= 0.6 is 0 Å². The number of oxazole rings is 1. The highest BCUT2D eigenvalue weighted by molar-refractivity contribution is 7.92. The molecule has 9 heteroatoms. The van der Waals surface area contributed by atoms with Crippen LogP contribution in [0.25, 0.3) is 11.1 Å². The molecule has 1 aromatic heterocycles. The smallest absolute Gasteiger partial charge is 0.408 e. The molecule has 3 aromatic rings. The molecule has 0 saturated heterocycles. The first-order valence-corrected chi connectivity index (χ1v) is 7.44. The van der Waals surface area contributed by atoms with E-state index in [4.69, 9.17) is 4.42 Å². The van der Waals surface area contributed by atoms with E-state index >= 15 is 0 Å². The largest absolute Gasteiger partial charge is 0.417 e. The van der Waals surface area contributed by atoms with Crippen LogP contribution in [0.3, 0.4) is 0 Å². The average Bonchev–Trinajstić information content (AvgIpc) is 2.81. The number of nitrogens with one attached hydrogen (secondary N) is 2. The highest BCUT2D eigenvalue weighted by atomic mass is 32.2. The Kier molecular flexibility index (Phi) is 3.21. The molecule has 0 saturated carbocycles. The van der Waals surface area contributed by atoms with Crippen molar-refractivity contribution >= 4 is 26.8 Å². The molecule has 3 rings (SSSR count). The number of aromatic nitrogens is 1. The van der Waals surface area contributed by atoms with Crippen LogP contribution in [0.15, 0.2) is 50.5 Å². The van der Waals surface area contributed by atoms with E-state index in [1.54, 1.807) is 0 Å². The third-order valence-corrected chi connectivity index (χ3v) is 4.24. The van der Waals surface area contributed by atoms with Gasteiger partial charge in [-0.25, -0.2) is 22.0 Å². The number of fused-ring (bicyclic) bond motifs is 1. The van der Waals surface area contributed by atoms with E-state index in [1.807, 2.05) is 4.72 Å². The highest BCUT2D eigenvalue weighted by Gasteiger charge is 2.18. The van der Waals surface area contributed by atoms with Crippen LogP contribution in [0.4, 0.5) is 14.5 Å². The van der Waals surface area contributed by atoms with Gasteiger partial charge in [0.1, 0.15) is 11.6 Å². The van der Waals surface area contributed by atoms with Crippen molar-refractivity contribution in [2.45, 2.75) is 4.90 Å². The molecule has 0 fully saturated rings. The summed E-state index contributed by atoms with van der Waals surface area (Å²) in [7, 11) is -4.11. The molecular weight excluding hydrogens is 318 g/mol. The minimum absolute atomic E-state index is 0.187. The molecule has 114 valence electrons. The summed E-state index contributed by atoms with van der Waals surface area (Å²) < 4.78 is 57.5. The second kappa shape index (κ2) is 4.95. The van der Waals surface area contributed by atoms with Gasteiger partial charge in [-0.1, -0.05) is 0 Å². The quantitative estimate of drug-likeness (QED) is 0.772. The fourth-order valence-electron chi connectivity index (χ4n) is 1.87. The fraction of sp³-hybridized carbons (Fsp3) is 0. The van der Waals surface area contributed by atoms with Crippen LogP contribution in [0.5, 0.6) is 0 Å². The Hall–Kier alpha value is -2.68. The minimum atomic E-state index is -4.11. The van der Waals surface area contributed by atoms with E-state index < -0.39 is 27.4 Å². The van der Waals surface area contributed by atoms with E-state index in [2.05, 4.69) is 4.98 Å². The zero-order valence-electron chi connectivity index (χ0n) is 10.8. The minimum Gasteiger partial charge on any atom is -0.408 e. The van der Waals surface area contributed by atoms with Crippen LogP contribution in [-0.2, 0) is 10.0 Å². The van der Waals surface area contributed by atoms with Crippen molar-refractivity contribution in [1.82, 2.24) is 4.98 Å². The molecule has 0 spiro atoms. The fourth-order valence-corrected chi connectivity index (χ4v) is 2.97. The summed E-state index contributed by atoms with van der Waals surface area (Å²) in [6.45, 7) is 0. The number of sulfonamides is 1. The summed E-state index contributed by atoms with van der Waals surface area (Å²) in [4.78, 5) is 13.2. The number of hydrogen-bond donors (Lipinski definition) is 2. The molecule has 0 amide bonds. The lowest BCUT2D eigenvalue weighted by atomic mass is 10.3. The summed E-state index contributed by atoms with van der Waals surface area (Å²) in [5, 5.41) is 0. The van der Waals surface area contributed by atoms with Gasteiger partial charge in [-0.05, 0) is 30.3 Å². The first kappa shape index (κ1) is 14.3. The molecule has 1 heterocycles. The number of rotatable bonds is 3. The van der Waals surface area contributed by atoms with Crippen molar-refractivity contribution < 1.29 is 21.6 Å². The molecule has 2 aromatic carbocycles. The molecule has 0 aliphatic carbocycles. The van der Waals surface area contributed by atoms with Crippen molar-refractivity contribution in [3.8, 4) is 0 Å². The lowest BCUT2D eigenvalue weighted by Gasteiger charge is -2.08. The summed E-state index contributed by atoms with van der Waals surface area (Å²) in [6, 6.07) is 6.13. The maximum atomic E-state index is 13.5. The molecule has 22 heavy (non-hydrogen) atoms. The van der Waals surface area contributed by atoms with E-state index in [0.717, 1.165) is 12.1 Å². The molecule has 6 nitrogen and oxygen atoms in total. The maximum absolute atomic E-state index is 13.5. The third-order valence-electron chi connectivity index (χ3n) is 2.88. The topological polar surface area (TPSA) is 92.2 Å². The number of H-pyrrole nitrogens is 1. The normalized spacial score (nSPS) is 11.7.